The normalized spacial score (nSPS) is 20.4. The average molecular weight is 207 g/mol. The number of aromatic amines is 1. The average Bonchev–Trinajstić information content (AvgIpc) is 2.66. The number of rotatable bonds is 3. The minimum absolute atomic E-state index is 0.423. The van der Waals surface area contributed by atoms with Crippen LogP contribution in [-0.2, 0) is 0 Å². The topological polar surface area (TPSA) is 40.7 Å². The number of hydrogen-bond acceptors (Lipinski definition) is 2. The molecule has 3 heteroatoms. The molecule has 0 aromatic carbocycles. The molecule has 0 saturated heterocycles. The number of hydrogen-bond donors (Lipinski definition) is 2. The van der Waals surface area contributed by atoms with E-state index in [1.54, 1.807) is 0 Å². The van der Waals surface area contributed by atoms with Crippen LogP contribution in [0.4, 0.5) is 0 Å². The molecule has 1 aliphatic carbocycles. The maximum absolute atomic E-state index is 4.07. The zero-order valence-corrected chi connectivity index (χ0v) is 9.71. The van der Waals surface area contributed by atoms with Crippen LogP contribution < -0.4 is 5.32 Å². The van der Waals surface area contributed by atoms with Crippen molar-refractivity contribution in [3.8, 4) is 0 Å². The molecule has 2 rings (SSSR count). The first-order valence-electron chi connectivity index (χ1n) is 6.03. The minimum Gasteiger partial charge on any atom is -0.307 e. The smallest absolute Gasteiger partial charge is 0.0537 e. The second-order valence-electron chi connectivity index (χ2n) is 4.67. The summed E-state index contributed by atoms with van der Waals surface area (Å²) in [5, 5.41) is 10.8. The Morgan fingerprint density at radius 3 is 2.73 bits per heavy atom. The molecule has 0 bridgehead atoms. The summed E-state index contributed by atoms with van der Waals surface area (Å²) in [6.07, 6.45) is 8.79. The van der Waals surface area contributed by atoms with E-state index in [2.05, 4.69) is 29.4 Å². The highest BCUT2D eigenvalue weighted by atomic mass is 15.1. The molecule has 1 saturated carbocycles. The molecule has 1 aromatic heterocycles. The molecule has 1 fully saturated rings. The third kappa shape index (κ3) is 2.59. The van der Waals surface area contributed by atoms with Gasteiger partial charge in [0.1, 0.15) is 0 Å². The molecule has 1 aromatic rings. The lowest BCUT2D eigenvalue weighted by atomic mass is 9.94. The molecule has 3 nitrogen and oxygen atoms in total. The van der Waals surface area contributed by atoms with E-state index < -0.39 is 0 Å². The van der Waals surface area contributed by atoms with Crippen LogP contribution in [0.5, 0.6) is 0 Å². The highest BCUT2D eigenvalue weighted by molar-refractivity contribution is 5.18. The van der Waals surface area contributed by atoms with Gasteiger partial charge in [-0.05, 0) is 26.7 Å². The van der Waals surface area contributed by atoms with Gasteiger partial charge in [-0.3, -0.25) is 5.10 Å². The van der Waals surface area contributed by atoms with E-state index in [-0.39, 0.29) is 0 Å². The summed E-state index contributed by atoms with van der Waals surface area (Å²) >= 11 is 0. The van der Waals surface area contributed by atoms with Crippen LogP contribution in [0.15, 0.2) is 6.20 Å². The van der Waals surface area contributed by atoms with Crippen LogP contribution in [0.2, 0.25) is 0 Å². The number of H-pyrrole nitrogens is 1. The largest absolute Gasteiger partial charge is 0.307 e. The van der Waals surface area contributed by atoms with Crippen molar-refractivity contribution >= 4 is 0 Å². The van der Waals surface area contributed by atoms with E-state index in [0.717, 1.165) is 0 Å². The first kappa shape index (κ1) is 10.7. The monoisotopic (exact) mass is 207 g/mol. The van der Waals surface area contributed by atoms with E-state index in [1.165, 1.54) is 43.4 Å². The van der Waals surface area contributed by atoms with Crippen LogP contribution in [0.25, 0.3) is 0 Å². The van der Waals surface area contributed by atoms with Gasteiger partial charge in [-0.15, -0.1) is 0 Å². The standard InChI is InChI=1S/C12H21N3/c1-9(12-8-13-15-10(12)2)14-11-6-4-3-5-7-11/h8-9,11,14H,3-7H2,1-2H3,(H,13,15). The van der Waals surface area contributed by atoms with E-state index in [9.17, 15) is 0 Å². The highest BCUT2D eigenvalue weighted by Crippen LogP contribution is 2.22. The van der Waals surface area contributed by atoms with E-state index >= 15 is 0 Å². The molecular formula is C12H21N3. The number of aryl methyl sites for hydroxylation is 1. The molecule has 2 N–H and O–H groups in total. The van der Waals surface area contributed by atoms with Crippen LogP contribution in [-0.4, -0.2) is 16.2 Å². The van der Waals surface area contributed by atoms with Gasteiger partial charge in [-0.25, -0.2) is 0 Å². The molecule has 0 aliphatic heterocycles. The fourth-order valence-corrected chi connectivity index (χ4v) is 2.51. The Morgan fingerprint density at radius 1 is 1.40 bits per heavy atom. The van der Waals surface area contributed by atoms with Gasteiger partial charge in [0.15, 0.2) is 0 Å². The van der Waals surface area contributed by atoms with Gasteiger partial charge < -0.3 is 5.32 Å². The Labute approximate surface area is 91.7 Å². The Morgan fingerprint density at radius 2 is 2.13 bits per heavy atom. The summed E-state index contributed by atoms with van der Waals surface area (Å²) in [6.45, 7) is 4.31. The molecule has 15 heavy (non-hydrogen) atoms. The lowest BCUT2D eigenvalue weighted by molar-refractivity contribution is 0.346. The Balaban J connectivity index is 1.91. The summed E-state index contributed by atoms with van der Waals surface area (Å²) in [7, 11) is 0. The lowest BCUT2D eigenvalue weighted by Crippen LogP contribution is -2.33. The predicted molar refractivity (Wildman–Crippen MR) is 61.7 cm³/mol. The predicted octanol–water partition coefficient (Wildman–Crippen LogP) is 2.70. The molecule has 1 aliphatic rings. The molecule has 1 atom stereocenters. The summed E-state index contributed by atoms with van der Waals surface area (Å²) in [5.74, 6) is 0. The zero-order valence-electron chi connectivity index (χ0n) is 9.71. The van der Waals surface area contributed by atoms with Gasteiger partial charge in [0.25, 0.3) is 0 Å². The quantitative estimate of drug-likeness (QED) is 0.800. The van der Waals surface area contributed by atoms with Crippen molar-refractivity contribution in [3.63, 3.8) is 0 Å². The van der Waals surface area contributed by atoms with Gasteiger partial charge in [-0.2, -0.15) is 5.10 Å². The van der Waals surface area contributed by atoms with Crippen molar-refractivity contribution in [3.05, 3.63) is 17.5 Å². The van der Waals surface area contributed by atoms with Gasteiger partial charge in [0.2, 0.25) is 0 Å². The van der Waals surface area contributed by atoms with E-state index in [0.29, 0.717) is 12.1 Å². The van der Waals surface area contributed by atoms with Gasteiger partial charge in [-0.1, -0.05) is 19.3 Å². The first-order chi connectivity index (χ1) is 7.27. The molecule has 1 unspecified atom stereocenters. The van der Waals surface area contributed by atoms with Crippen LogP contribution >= 0.6 is 0 Å². The van der Waals surface area contributed by atoms with Gasteiger partial charge in [0, 0.05) is 23.3 Å². The second-order valence-corrected chi connectivity index (χ2v) is 4.67. The number of aromatic nitrogens is 2. The van der Waals surface area contributed by atoms with Crippen molar-refractivity contribution in [2.24, 2.45) is 0 Å². The second kappa shape index (κ2) is 4.79. The Hall–Kier alpha value is -0.830. The summed E-state index contributed by atoms with van der Waals surface area (Å²) in [5.41, 5.74) is 2.49. The Bertz CT molecular complexity index is 300. The minimum atomic E-state index is 0.423. The third-order valence-electron chi connectivity index (χ3n) is 3.43. The third-order valence-corrected chi connectivity index (χ3v) is 3.43. The molecule has 84 valence electrons. The van der Waals surface area contributed by atoms with Crippen LogP contribution in [0.3, 0.4) is 0 Å². The molecule has 0 amide bonds. The summed E-state index contributed by atoms with van der Waals surface area (Å²) in [6, 6.07) is 1.13. The molecule has 1 heterocycles. The first-order valence-corrected chi connectivity index (χ1v) is 6.03. The molecular weight excluding hydrogens is 186 g/mol. The van der Waals surface area contributed by atoms with Crippen LogP contribution in [0, 0.1) is 6.92 Å². The maximum Gasteiger partial charge on any atom is 0.0537 e. The highest BCUT2D eigenvalue weighted by Gasteiger charge is 2.17. The fraction of sp³-hybridized carbons (Fsp3) is 0.750. The van der Waals surface area contributed by atoms with E-state index in [1.807, 2.05) is 6.20 Å². The van der Waals surface area contributed by atoms with Crippen molar-refractivity contribution in [2.75, 3.05) is 0 Å². The maximum atomic E-state index is 4.07. The van der Waals surface area contributed by atoms with Crippen molar-refractivity contribution in [1.29, 1.82) is 0 Å². The number of nitrogens with zero attached hydrogens (tertiary/aromatic N) is 1. The van der Waals surface area contributed by atoms with Crippen molar-refractivity contribution < 1.29 is 0 Å². The summed E-state index contributed by atoms with van der Waals surface area (Å²) < 4.78 is 0. The van der Waals surface area contributed by atoms with Gasteiger partial charge >= 0.3 is 0 Å². The SMILES string of the molecule is Cc1[nH]ncc1C(C)NC1CCCCC1. The van der Waals surface area contributed by atoms with Gasteiger partial charge in [0.05, 0.1) is 6.20 Å². The van der Waals surface area contributed by atoms with Crippen molar-refractivity contribution in [2.45, 2.75) is 58.0 Å². The Kier molecular flexibility index (Phi) is 3.41. The van der Waals surface area contributed by atoms with Crippen molar-refractivity contribution in [1.82, 2.24) is 15.5 Å². The lowest BCUT2D eigenvalue weighted by Gasteiger charge is -2.26. The van der Waals surface area contributed by atoms with Crippen LogP contribution in [0.1, 0.15) is 56.3 Å². The molecule has 0 spiro atoms. The van der Waals surface area contributed by atoms with E-state index in [4.69, 9.17) is 0 Å². The summed E-state index contributed by atoms with van der Waals surface area (Å²) in [4.78, 5) is 0. The zero-order chi connectivity index (χ0) is 10.7. The molecule has 0 radical (unpaired) electrons. The number of nitrogens with one attached hydrogen (secondary N) is 2. The fourth-order valence-electron chi connectivity index (χ4n) is 2.51.